The molecule has 2 aromatic heterocycles. The number of carbonyl (C=O) groups excluding carboxylic acids is 1. The van der Waals surface area contributed by atoms with Gasteiger partial charge in [-0.05, 0) is 12.1 Å². The lowest BCUT2D eigenvalue weighted by Crippen LogP contribution is -2.22. The van der Waals surface area contributed by atoms with Crippen molar-refractivity contribution in [3.63, 3.8) is 0 Å². The first-order valence-electron chi connectivity index (χ1n) is 5.74. The van der Waals surface area contributed by atoms with Gasteiger partial charge in [0.1, 0.15) is 5.69 Å². The summed E-state index contributed by atoms with van der Waals surface area (Å²) < 4.78 is 0. The Morgan fingerprint density at radius 1 is 1.58 bits per heavy atom. The molecule has 98 valence electrons. The van der Waals surface area contributed by atoms with E-state index in [1.165, 1.54) is 6.20 Å². The molecule has 0 spiro atoms. The second-order valence-electron chi connectivity index (χ2n) is 3.73. The number of thiophene rings is 1. The molecule has 0 radical (unpaired) electrons. The van der Waals surface area contributed by atoms with Crippen LogP contribution >= 0.6 is 11.3 Å². The normalized spacial score (nSPS) is 9.74. The lowest BCUT2D eigenvalue weighted by Gasteiger charge is -2.00. The van der Waals surface area contributed by atoms with E-state index in [-0.39, 0.29) is 12.5 Å². The summed E-state index contributed by atoms with van der Waals surface area (Å²) >= 11 is 1.54. The molecule has 0 aliphatic carbocycles. The van der Waals surface area contributed by atoms with Crippen LogP contribution in [0.3, 0.4) is 0 Å². The molecular formula is C13H13N3O2S. The van der Waals surface area contributed by atoms with Gasteiger partial charge in [-0.15, -0.1) is 11.3 Å². The summed E-state index contributed by atoms with van der Waals surface area (Å²) in [5.41, 5.74) is 1.35. The zero-order valence-electron chi connectivity index (χ0n) is 10.1. The van der Waals surface area contributed by atoms with E-state index in [1.54, 1.807) is 17.4 Å². The monoisotopic (exact) mass is 275 g/mol. The van der Waals surface area contributed by atoms with Crippen LogP contribution in [0.1, 0.15) is 27.3 Å². The number of nitrogens with zero attached hydrogens (tertiary/aromatic N) is 1. The van der Waals surface area contributed by atoms with Crippen LogP contribution in [0.4, 0.5) is 0 Å². The van der Waals surface area contributed by atoms with Gasteiger partial charge in [0.25, 0.3) is 5.91 Å². The molecule has 0 aliphatic heterocycles. The van der Waals surface area contributed by atoms with Gasteiger partial charge in [0.15, 0.2) is 0 Å². The molecule has 0 atom stereocenters. The molecule has 0 fully saturated rings. The lowest BCUT2D eigenvalue weighted by atomic mass is 10.3. The smallest absolute Gasteiger partial charge is 0.269 e. The van der Waals surface area contributed by atoms with E-state index < -0.39 is 0 Å². The fraction of sp³-hybridized carbons (Fsp3) is 0.231. The molecule has 5 nitrogen and oxygen atoms in total. The maximum Gasteiger partial charge on any atom is 0.269 e. The van der Waals surface area contributed by atoms with Crippen molar-refractivity contribution in [1.29, 1.82) is 0 Å². The van der Waals surface area contributed by atoms with Gasteiger partial charge in [-0.1, -0.05) is 11.8 Å². The Morgan fingerprint density at radius 2 is 2.47 bits per heavy atom. The number of hydrogen-bond acceptors (Lipinski definition) is 4. The van der Waals surface area contributed by atoms with Gasteiger partial charge in [0.05, 0.1) is 13.2 Å². The first kappa shape index (κ1) is 13.3. The van der Waals surface area contributed by atoms with Crippen LogP contribution in [0.2, 0.25) is 0 Å². The second kappa shape index (κ2) is 6.73. The van der Waals surface area contributed by atoms with E-state index in [9.17, 15) is 4.79 Å². The molecule has 2 aromatic rings. The quantitative estimate of drug-likeness (QED) is 0.732. The Balaban J connectivity index is 1.87. The van der Waals surface area contributed by atoms with E-state index in [0.29, 0.717) is 18.7 Å². The van der Waals surface area contributed by atoms with Crippen LogP contribution in [0.25, 0.3) is 0 Å². The summed E-state index contributed by atoms with van der Waals surface area (Å²) in [6, 6.07) is 3.55. The predicted octanol–water partition coefficient (Wildman–Crippen LogP) is 1.14. The first-order chi connectivity index (χ1) is 9.29. The molecular weight excluding hydrogens is 262 g/mol. The third-order valence-corrected chi connectivity index (χ3v) is 3.23. The third kappa shape index (κ3) is 3.95. The number of aromatic nitrogens is 2. The zero-order chi connectivity index (χ0) is 13.5. The highest BCUT2D eigenvalue weighted by molar-refractivity contribution is 7.10. The SMILES string of the molecule is O=C(NCc1cc(C#CCCO)cs1)c1ccn[nH]1. The van der Waals surface area contributed by atoms with Gasteiger partial charge in [-0.25, -0.2) is 0 Å². The van der Waals surface area contributed by atoms with Gasteiger partial charge in [-0.3, -0.25) is 9.89 Å². The largest absolute Gasteiger partial charge is 0.395 e. The van der Waals surface area contributed by atoms with Crippen molar-refractivity contribution in [2.24, 2.45) is 0 Å². The summed E-state index contributed by atoms with van der Waals surface area (Å²) in [6.07, 6.45) is 2.01. The minimum atomic E-state index is -0.182. The Morgan fingerprint density at radius 3 is 3.21 bits per heavy atom. The average molecular weight is 275 g/mol. The summed E-state index contributed by atoms with van der Waals surface area (Å²) in [6.45, 7) is 0.536. The van der Waals surface area contributed by atoms with Crippen molar-refractivity contribution in [2.45, 2.75) is 13.0 Å². The number of hydrogen-bond donors (Lipinski definition) is 3. The number of aliphatic hydroxyl groups excluding tert-OH is 1. The summed E-state index contributed by atoms with van der Waals surface area (Å²) in [7, 11) is 0. The highest BCUT2D eigenvalue weighted by Gasteiger charge is 2.06. The van der Waals surface area contributed by atoms with Gasteiger partial charge in [0, 0.05) is 28.4 Å². The number of rotatable bonds is 4. The van der Waals surface area contributed by atoms with E-state index in [2.05, 4.69) is 27.4 Å². The second-order valence-corrected chi connectivity index (χ2v) is 4.73. The van der Waals surface area contributed by atoms with Gasteiger partial charge in [-0.2, -0.15) is 5.10 Å². The summed E-state index contributed by atoms with van der Waals surface area (Å²) in [5.74, 6) is 5.63. The van der Waals surface area contributed by atoms with E-state index in [4.69, 9.17) is 5.11 Å². The van der Waals surface area contributed by atoms with E-state index >= 15 is 0 Å². The van der Waals surface area contributed by atoms with Crippen molar-refractivity contribution in [3.8, 4) is 11.8 Å². The molecule has 19 heavy (non-hydrogen) atoms. The molecule has 3 N–H and O–H groups in total. The minimum Gasteiger partial charge on any atom is -0.395 e. The molecule has 2 heterocycles. The molecule has 0 aromatic carbocycles. The van der Waals surface area contributed by atoms with Crippen LogP contribution < -0.4 is 5.32 Å². The maximum atomic E-state index is 11.7. The number of amides is 1. The van der Waals surface area contributed by atoms with E-state index in [0.717, 1.165) is 10.4 Å². The Kier molecular flexibility index (Phi) is 4.72. The van der Waals surface area contributed by atoms with Crippen molar-refractivity contribution >= 4 is 17.2 Å². The van der Waals surface area contributed by atoms with Crippen molar-refractivity contribution in [3.05, 3.63) is 39.8 Å². The van der Waals surface area contributed by atoms with Crippen LogP contribution in [0.5, 0.6) is 0 Å². The molecule has 1 amide bonds. The highest BCUT2D eigenvalue weighted by Crippen LogP contribution is 2.13. The lowest BCUT2D eigenvalue weighted by molar-refractivity contribution is 0.0946. The maximum absolute atomic E-state index is 11.7. The average Bonchev–Trinajstić information content (AvgIpc) is 3.08. The fourth-order valence-electron chi connectivity index (χ4n) is 1.40. The number of aliphatic hydroxyl groups is 1. The van der Waals surface area contributed by atoms with Crippen LogP contribution in [0.15, 0.2) is 23.7 Å². The molecule has 0 aliphatic rings. The standard InChI is InChI=1S/C13H13N3O2S/c17-6-2-1-3-10-7-11(19-9-10)8-14-13(18)12-4-5-15-16-12/h4-5,7,9,17H,2,6,8H2,(H,14,18)(H,15,16). The molecule has 0 saturated carbocycles. The Labute approximate surface area is 114 Å². The van der Waals surface area contributed by atoms with Crippen LogP contribution in [-0.4, -0.2) is 27.8 Å². The number of H-pyrrole nitrogens is 1. The third-order valence-electron chi connectivity index (χ3n) is 2.29. The zero-order valence-corrected chi connectivity index (χ0v) is 11.0. The molecule has 2 rings (SSSR count). The highest BCUT2D eigenvalue weighted by atomic mass is 32.1. The summed E-state index contributed by atoms with van der Waals surface area (Å²) in [4.78, 5) is 12.7. The first-order valence-corrected chi connectivity index (χ1v) is 6.62. The Bertz CT molecular complexity index is 593. The van der Waals surface area contributed by atoms with Crippen LogP contribution in [0, 0.1) is 11.8 Å². The number of aromatic amines is 1. The topological polar surface area (TPSA) is 78.0 Å². The van der Waals surface area contributed by atoms with Crippen molar-refractivity contribution in [2.75, 3.05) is 6.61 Å². The molecule has 0 bridgehead atoms. The van der Waals surface area contributed by atoms with Gasteiger partial charge in [0.2, 0.25) is 0 Å². The fourth-order valence-corrected chi connectivity index (χ4v) is 2.16. The van der Waals surface area contributed by atoms with Gasteiger partial charge >= 0.3 is 0 Å². The molecule has 6 heteroatoms. The Hall–Kier alpha value is -2.10. The number of carbonyl (C=O) groups is 1. The molecule has 0 saturated heterocycles. The van der Waals surface area contributed by atoms with Crippen LogP contribution in [-0.2, 0) is 6.54 Å². The van der Waals surface area contributed by atoms with E-state index in [1.807, 2.05) is 11.4 Å². The predicted molar refractivity (Wildman–Crippen MR) is 72.7 cm³/mol. The summed E-state index contributed by atoms with van der Waals surface area (Å²) in [5, 5.41) is 19.7. The molecule has 0 unspecified atom stereocenters. The number of nitrogens with one attached hydrogen (secondary N) is 2. The van der Waals surface area contributed by atoms with Crippen molar-refractivity contribution < 1.29 is 9.90 Å². The minimum absolute atomic E-state index is 0.0736. The van der Waals surface area contributed by atoms with Gasteiger partial charge < -0.3 is 10.4 Å². The van der Waals surface area contributed by atoms with Crippen molar-refractivity contribution in [1.82, 2.24) is 15.5 Å².